The third-order valence-electron chi connectivity index (χ3n) is 4.37. The molecule has 0 aromatic heterocycles. The molecule has 4 heteroatoms. The Morgan fingerprint density at radius 1 is 1.14 bits per heavy atom. The predicted octanol–water partition coefficient (Wildman–Crippen LogP) is 3.60. The van der Waals surface area contributed by atoms with Crippen LogP contribution in [-0.2, 0) is 0 Å². The highest BCUT2D eigenvalue weighted by Crippen LogP contribution is 2.47. The number of fused-ring (bicyclic) bond motifs is 5. The van der Waals surface area contributed by atoms with E-state index in [1.165, 1.54) is 6.07 Å². The Labute approximate surface area is 123 Å². The van der Waals surface area contributed by atoms with Crippen LogP contribution >= 0.6 is 0 Å². The highest BCUT2D eigenvalue weighted by Gasteiger charge is 2.36. The van der Waals surface area contributed by atoms with E-state index in [0.717, 1.165) is 36.4 Å². The Bertz CT molecular complexity index is 688. The molecule has 0 saturated carbocycles. The summed E-state index contributed by atoms with van der Waals surface area (Å²) >= 11 is 0. The van der Waals surface area contributed by atoms with Crippen LogP contribution in [0.4, 0.5) is 10.1 Å². The van der Waals surface area contributed by atoms with E-state index < -0.39 is 0 Å². The van der Waals surface area contributed by atoms with Crippen molar-refractivity contribution in [1.29, 1.82) is 0 Å². The van der Waals surface area contributed by atoms with Gasteiger partial charge in [-0.25, -0.2) is 4.39 Å². The van der Waals surface area contributed by atoms with Crippen LogP contribution in [0.1, 0.15) is 24.4 Å². The van der Waals surface area contributed by atoms with Gasteiger partial charge in [-0.2, -0.15) is 0 Å². The van der Waals surface area contributed by atoms with Crippen molar-refractivity contribution in [2.45, 2.75) is 24.9 Å². The zero-order chi connectivity index (χ0) is 14.4. The number of hydrogen-bond donors (Lipinski definition) is 1. The molecule has 1 saturated heterocycles. The molecule has 2 N–H and O–H groups in total. The Kier molecular flexibility index (Phi) is 2.86. The molecule has 2 atom stereocenters. The third kappa shape index (κ3) is 1.98. The molecule has 0 radical (unpaired) electrons. The van der Waals surface area contributed by atoms with Gasteiger partial charge in [0.25, 0.3) is 0 Å². The molecule has 4 rings (SSSR count). The van der Waals surface area contributed by atoms with Crippen LogP contribution < -0.4 is 15.4 Å². The Morgan fingerprint density at radius 2 is 2.00 bits per heavy atom. The largest absolute Gasteiger partial charge is 0.455 e. The molecule has 21 heavy (non-hydrogen) atoms. The van der Waals surface area contributed by atoms with E-state index in [9.17, 15) is 4.39 Å². The predicted molar refractivity (Wildman–Crippen MR) is 80.2 cm³/mol. The maximum Gasteiger partial charge on any atom is 0.150 e. The van der Waals surface area contributed by atoms with Crippen molar-refractivity contribution < 1.29 is 9.13 Å². The minimum atomic E-state index is -0.249. The van der Waals surface area contributed by atoms with Gasteiger partial charge in [-0.15, -0.1) is 0 Å². The van der Waals surface area contributed by atoms with Gasteiger partial charge in [0.05, 0.1) is 11.7 Å². The topological polar surface area (TPSA) is 38.5 Å². The van der Waals surface area contributed by atoms with E-state index in [-0.39, 0.29) is 17.9 Å². The molecule has 3 nitrogen and oxygen atoms in total. The molecule has 2 aliphatic heterocycles. The molecule has 0 spiro atoms. The lowest BCUT2D eigenvalue weighted by Gasteiger charge is -2.40. The maximum atomic E-state index is 13.7. The number of rotatable bonds is 0. The molecule has 1 fully saturated rings. The van der Waals surface area contributed by atoms with Gasteiger partial charge in [-0.3, -0.25) is 0 Å². The fraction of sp³-hybridized carbons (Fsp3) is 0.294. The Morgan fingerprint density at radius 3 is 2.90 bits per heavy atom. The monoisotopic (exact) mass is 284 g/mol. The first-order valence-electron chi connectivity index (χ1n) is 7.32. The van der Waals surface area contributed by atoms with E-state index in [0.29, 0.717) is 5.75 Å². The number of nitrogens with two attached hydrogens (primary N) is 1. The number of piperidine rings is 1. The van der Waals surface area contributed by atoms with Gasteiger partial charge in [-0.1, -0.05) is 18.2 Å². The van der Waals surface area contributed by atoms with Gasteiger partial charge >= 0.3 is 0 Å². The van der Waals surface area contributed by atoms with E-state index in [4.69, 9.17) is 10.5 Å². The molecule has 2 heterocycles. The summed E-state index contributed by atoms with van der Waals surface area (Å²) in [5.74, 6) is 1.26. The van der Waals surface area contributed by atoms with Crippen LogP contribution in [0.5, 0.6) is 11.5 Å². The molecule has 2 aromatic rings. The lowest BCUT2D eigenvalue weighted by molar-refractivity contribution is 0.408. The summed E-state index contributed by atoms with van der Waals surface area (Å²) < 4.78 is 19.7. The quantitative estimate of drug-likeness (QED) is 0.803. The van der Waals surface area contributed by atoms with Crippen molar-refractivity contribution >= 4 is 5.69 Å². The molecule has 2 aliphatic rings. The molecule has 108 valence electrons. The van der Waals surface area contributed by atoms with Crippen LogP contribution in [0.15, 0.2) is 42.5 Å². The third-order valence-corrected chi connectivity index (χ3v) is 4.37. The van der Waals surface area contributed by atoms with Gasteiger partial charge in [0.2, 0.25) is 0 Å². The van der Waals surface area contributed by atoms with E-state index in [1.54, 1.807) is 12.1 Å². The lowest BCUT2D eigenvalue weighted by atomic mass is 9.90. The molecule has 2 aromatic carbocycles. The van der Waals surface area contributed by atoms with Gasteiger partial charge in [0.1, 0.15) is 11.6 Å². The fourth-order valence-electron chi connectivity index (χ4n) is 3.43. The first-order chi connectivity index (χ1) is 10.2. The van der Waals surface area contributed by atoms with Gasteiger partial charge in [0.15, 0.2) is 5.75 Å². The molecular formula is C17H17FN2O. The first-order valence-corrected chi connectivity index (χ1v) is 7.32. The van der Waals surface area contributed by atoms with Gasteiger partial charge in [-0.05, 0) is 31.0 Å². The standard InChI is InChI=1S/C17H17FN2O/c18-11-7-8-16-14(10-11)20-9-3-5-13(19)17(20)12-4-1-2-6-15(12)21-16/h1-2,4,6-8,10,13,17H,3,5,9,19H2/t13-,17-/m1/s1. The Balaban J connectivity index is 1.94. The van der Waals surface area contributed by atoms with Gasteiger partial charge in [0, 0.05) is 24.2 Å². The van der Waals surface area contributed by atoms with Gasteiger partial charge < -0.3 is 15.4 Å². The minimum Gasteiger partial charge on any atom is -0.455 e. The molecule has 0 amide bonds. The zero-order valence-electron chi connectivity index (χ0n) is 11.6. The van der Waals surface area contributed by atoms with E-state index >= 15 is 0 Å². The normalized spacial score (nSPS) is 23.4. The van der Waals surface area contributed by atoms with Crippen LogP contribution in [0.25, 0.3) is 0 Å². The number of ether oxygens (including phenoxy) is 1. The van der Waals surface area contributed by atoms with Crippen molar-refractivity contribution in [3.63, 3.8) is 0 Å². The summed E-state index contributed by atoms with van der Waals surface area (Å²) in [6.45, 7) is 0.868. The molecule has 0 bridgehead atoms. The van der Waals surface area contributed by atoms with Crippen LogP contribution in [0.2, 0.25) is 0 Å². The molecule has 0 aliphatic carbocycles. The number of anilines is 1. The number of hydrogen-bond acceptors (Lipinski definition) is 3. The van der Waals surface area contributed by atoms with E-state index in [2.05, 4.69) is 11.0 Å². The van der Waals surface area contributed by atoms with Crippen molar-refractivity contribution in [2.75, 3.05) is 11.4 Å². The summed E-state index contributed by atoms with van der Waals surface area (Å²) in [5, 5.41) is 0. The van der Waals surface area contributed by atoms with Crippen molar-refractivity contribution in [3.8, 4) is 11.5 Å². The number of nitrogens with zero attached hydrogens (tertiary/aromatic N) is 1. The second-order valence-electron chi connectivity index (χ2n) is 5.70. The molecule has 0 unspecified atom stereocenters. The molecular weight excluding hydrogens is 267 g/mol. The number of para-hydroxylation sites is 1. The summed E-state index contributed by atoms with van der Waals surface area (Å²) in [5.41, 5.74) is 8.26. The highest BCUT2D eigenvalue weighted by atomic mass is 19.1. The average molecular weight is 284 g/mol. The lowest BCUT2D eigenvalue weighted by Crippen LogP contribution is -2.45. The van der Waals surface area contributed by atoms with Crippen LogP contribution in [0.3, 0.4) is 0 Å². The summed E-state index contributed by atoms with van der Waals surface area (Å²) in [7, 11) is 0. The van der Waals surface area contributed by atoms with Crippen LogP contribution in [0, 0.1) is 5.82 Å². The minimum absolute atomic E-state index is 0.0257. The van der Waals surface area contributed by atoms with Crippen molar-refractivity contribution in [3.05, 3.63) is 53.8 Å². The van der Waals surface area contributed by atoms with Crippen LogP contribution in [-0.4, -0.2) is 12.6 Å². The number of benzene rings is 2. The second-order valence-corrected chi connectivity index (χ2v) is 5.70. The SMILES string of the molecule is N[C@@H]1CCCN2c3cc(F)ccc3Oc3ccccc3[C@H]12. The smallest absolute Gasteiger partial charge is 0.150 e. The summed E-state index contributed by atoms with van der Waals surface area (Å²) in [4.78, 5) is 2.19. The number of halogens is 1. The highest BCUT2D eigenvalue weighted by molar-refractivity contribution is 5.65. The van der Waals surface area contributed by atoms with E-state index in [1.807, 2.05) is 18.2 Å². The van der Waals surface area contributed by atoms with Crippen molar-refractivity contribution in [2.24, 2.45) is 5.73 Å². The Hall–Kier alpha value is -2.07. The average Bonchev–Trinajstić information content (AvgIpc) is 2.63. The van der Waals surface area contributed by atoms with Crippen molar-refractivity contribution in [1.82, 2.24) is 0 Å². The summed E-state index contributed by atoms with van der Waals surface area (Å²) in [6, 6.07) is 12.7. The summed E-state index contributed by atoms with van der Waals surface area (Å²) in [6.07, 6.45) is 1.98. The second kappa shape index (κ2) is 4.74. The zero-order valence-corrected chi connectivity index (χ0v) is 11.6. The first kappa shape index (κ1) is 12.7. The fourth-order valence-corrected chi connectivity index (χ4v) is 3.43. The maximum absolute atomic E-state index is 13.7.